The SMILES string of the molecule is CCCCCCC=CCCCCCC(CCCCCCC=CCCCCCCCCCC(=O)O)CCCC(=O)O. The van der Waals surface area contributed by atoms with Gasteiger partial charge in [0.05, 0.1) is 0 Å². The number of carbonyl (C=O) groups is 2. The van der Waals surface area contributed by atoms with E-state index < -0.39 is 11.9 Å². The molecular formula is C36H66O4. The van der Waals surface area contributed by atoms with Crippen LogP contribution in [0.1, 0.15) is 187 Å². The molecule has 234 valence electrons. The van der Waals surface area contributed by atoms with Crippen LogP contribution in [0, 0.1) is 5.92 Å². The third-order valence-electron chi connectivity index (χ3n) is 8.04. The van der Waals surface area contributed by atoms with E-state index in [1.54, 1.807) is 0 Å². The molecule has 0 aromatic carbocycles. The Kier molecular flexibility index (Phi) is 30.7. The number of allylic oxidation sites excluding steroid dienone is 4. The highest BCUT2D eigenvalue weighted by Gasteiger charge is 2.10. The molecule has 0 saturated heterocycles. The van der Waals surface area contributed by atoms with Crippen molar-refractivity contribution in [3.8, 4) is 0 Å². The Labute approximate surface area is 248 Å². The van der Waals surface area contributed by atoms with Crippen LogP contribution in [0.2, 0.25) is 0 Å². The van der Waals surface area contributed by atoms with Gasteiger partial charge in [-0.1, -0.05) is 128 Å². The molecule has 0 fully saturated rings. The summed E-state index contributed by atoms with van der Waals surface area (Å²) in [4.78, 5) is 21.4. The molecule has 40 heavy (non-hydrogen) atoms. The Morgan fingerprint density at radius 2 is 0.775 bits per heavy atom. The standard InChI is InChI=1S/C36H66O4/c1-2-3-4-5-6-7-13-16-19-22-25-29-34(31-28-33-36(39)40)30-26-23-20-17-14-11-9-8-10-12-15-18-21-24-27-32-35(37)38/h7,9,11,13,34H,2-6,8,10,12,14-33H2,1H3,(H,37,38)(H,39,40). The molecule has 2 N–H and O–H groups in total. The highest BCUT2D eigenvalue weighted by atomic mass is 16.4. The van der Waals surface area contributed by atoms with Gasteiger partial charge >= 0.3 is 11.9 Å². The molecule has 0 aromatic rings. The van der Waals surface area contributed by atoms with Crippen molar-refractivity contribution in [3.05, 3.63) is 24.3 Å². The van der Waals surface area contributed by atoms with Crippen LogP contribution in [-0.2, 0) is 9.59 Å². The Morgan fingerprint density at radius 1 is 0.450 bits per heavy atom. The van der Waals surface area contributed by atoms with Crippen LogP contribution in [0.3, 0.4) is 0 Å². The lowest BCUT2D eigenvalue weighted by Crippen LogP contribution is -2.03. The summed E-state index contributed by atoms with van der Waals surface area (Å²) in [7, 11) is 0. The molecule has 0 aliphatic carbocycles. The van der Waals surface area contributed by atoms with Gasteiger partial charge in [0.15, 0.2) is 0 Å². The summed E-state index contributed by atoms with van der Waals surface area (Å²) in [5, 5.41) is 17.7. The maximum absolute atomic E-state index is 10.9. The number of aliphatic carboxylic acids is 2. The normalized spacial score (nSPS) is 12.5. The summed E-state index contributed by atoms with van der Waals surface area (Å²) in [5.74, 6) is -0.620. The van der Waals surface area contributed by atoms with Gasteiger partial charge < -0.3 is 10.2 Å². The molecule has 1 unspecified atom stereocenters. The zero-order valence-electron chi connectivity index (χ0n) is 26.4. The van der Waals surface area contributed by atoms with Gasteiger partial charge in [-0.2, -0.15) is 0 Å². The van der Waals surface area contributed by atoms with E-state index in [-0.39, 0.29) is 0 Å². The summed E-state index contributed by atoms with van der Waals surface area (Å²) in [6, 6.07) is 0. The Balaban J connectivity index is 3.74. The van der Waals surface area contributed by atoms with Gasteiger partial charge in [-0.15, -0.1) is 0 Å². The minimum absolute atomic E-state index is 0.317. The van der Waals surface area contributed by atoms with Crippen LogP contribution in [0.15, 0.2) is 24.3 Å². The van der Waals surface area contributed by atoms with Crippen molar-refractivity contribution >= 4 is 11.9 Å². The molecule has 0 aliphatic rings. The summed E-state index contributed by atoms with van der Waals surface area (Å²) < 4.78 is 0. The van der Waals surface area contributed by atoms with Crippen molar-refractivity contribution in [2.75, 3.05) is 0 Å². The van der Waals surface area contributed by atoms with Crippen molar-refractivity contribution in [1.82, 2.24) is 0 Å². The molecule has 0 heterocycles. The summed E-state index contributed by atoms with van der Waals surface area (Å²) in [6.07, 6.45) is 41.9. The number of unbranched alkanes of at least 4 members (excludes halogenated alkanes) is 18. The molecular weight excluding hydrogens is 496 g/mol. The third kappa shape index (κ3) is 32.6. The first-order valence-corrected chi connectivity index (χ1v) is 17.3. The first kappa shape index (κ1) is 38.4. The smallest absolute Gasteiger partial charge is 0.303 e. The summed E-state index contributed by atoms with van der Waals surface area (Å²) >= 11 is 0. The number of hydrogen-bond donors (Lipinski definition) is 2. The zero-order valence-corrected chi connectivity index (χ0v) is 26.4. The van der Waals surface area contributed by atoms with Crippen molar-refractivity contribution in [1.29, 1.82) is 0 Å². The molecule has 0 rings (SSSR count). The molecule has 0 amide bonds. The largest absolute Gasteiger partial charge is 0.481 e. The Morgan fingerprint density at radius 3 is 1.23 bits per heavy atom. The second kappa shape index (κ2) is 31.9. The second-order valence-corrected chi connectivity index (χ2v) is 12.0. The molecule has 4 nitrogen and oxygen atoms in total. The lowest BCUT2D eigenvalue weighted by Gasteiger charge is -2.16. The van der Waals surface area contributed by atoms with Gasteiger partial charge in [0.25, 0.3) is 0 Å². The molecule has 1 atom stereocenters. The van der Waals surface area contributed by atoms with E-state index in [4.69, 9.17) is 10.2 Å². The van der Waals surface area contributed by atoms with Crippen LogP contribution < -0.4 is 0 Å². The maximum Gasteiger partial charge on any atom is 0.303 e. The summed E-state index contributed by atoms with van der Waals surface area (Å²) in [5.41, 5.74) is 0. The van der Waals surface area contributed by atoms with E-state index in [2.05, 4.69) is 31.2 Å². The zero-order chi connectivity index (χ0) is 29.4. The topological polar surface area (TPSA) is 74.6 Å². The van der Waals surface area contributed by atoms with Crippen molar-refractivity contribution in [2.24, 2.45) is 5.92 Å². The fourth-order valence-corrected chi connectivity index (χ4v) is 5.48. The highest BCUT2D eigenvalue weighted by Crippen LogP contribution is 2.24. The molecule has 0 aliphatic heterocycles. The molecule has 4 heteroatoms. The van der Waals surface area contributed by atoms with E-state index in [0.29, 0.717) is 18.8 Å². The Bertz CT molecular complexity index is 610. The molecule has 0 aromatic heterocycles. The van der Waals surface area contributed by atoms with Crippen LogP contribution in [0.4, 0.5) is 0 Å². The number of carboxylic acid groups (broad SMARTS) is 2. The van der Waals surface area contributed by atoms with Crippen LogP contribution in [0.5, 0.6) is 0 Å². The predicted octanol–water partition coefficient (Wildman–Crippen LogP) is 11.8. The first-order valence-electron chi connectivity index (χ1n) is 17.3. The van der Waals surface area contributed by atoms with Gasteiger partial charge in [-0.3, -0.25) is 9.59 Å². The second-order valence-electron chi connectivity index (χ2n) is 12.0. The molecule has 0 spiro atoms. The summed E-state index contributed by atoms with van der Waals surface area (Å²) in [6.45, 7) is 2.26. The van der Waals surface area contributed by atoms with Crippen molar-refractivity contribution in [2.45, 2.75) is 187 Å². The van der Waals surface area contributed by atoms with E-state index in [1.165, 1.54) is 141 Å². The van der Waals surface area contributed by atoms with Crippen LogP contribution >= 0.6 is 0 Å². The van der Waals surface area contributed by atoms with Gasteiger partial charge in [0.1, 0.15) is 0 Å². The lowest BCUT2D eigenvalue weighted by molar-refractivity contribution is -0.138. The van der Waals surface area contributed by atoms with Gasteiger partial charge in [0, 0.05) is 12.8 Å². The van der Waals surface area contributed by atoms with Crippen molar-refractivity contribution < 1.29 is 19.8 Å². The minimum atomic E-state index is -0.672. The number of rotatable bonds is 32. The van der Waals surface area contributed by atoms with Crippen molar-refractivity contribution in [3.63, 3.8) is 0 Å². The van der Waals surface area contributed by atoms with Crippen LogP contribution in [-0.4, -0.2) is 22.2 Å². The molecule has 0 radical (unpaired) electrons. The van der Waals surface area contributed by atoms with E-state index >= 15 is 0 Å². The fraction of sp³-hybridized carbons (Fsp3) is 0.833. The fourth-order valence-electron chi connectivity index (χ4n) is 5.48. The van der Waals surface area contributed by atoms with Gasteiger partial charge in [0.2, 0.25) is 0 Å². The first-order chi connectivity index (χ1) is 19.6. The average molecular weight is 563 g/mol. The molecule has 0 saturated carbocycles. The van der Waals surface area contributed by atoms with Gasteiger partial charge in [-0.05, 0) is 76.5 Å². The predicted molar refractivity (Wildman–Crippen MR) is 172 cm³/mol. The maximum atomic E-state index is 10.9. The lowest BCUT2D eigenvalue weighted by atomic mass is 9.90. The molecule has 0 bridgehead atoms. The quantitative estimate of drug-likeness (QED) is 0.0631. The van der Waals surface area contributed by atoms with E-state index in [9.17, 15) is 9.59 Å². The Hall–Kier alpha value is -1.58. The minimum Gasteiger partial charge on any atom is -0.481 e. The number of carboxylic acids is 2. The van der Waals surface area contributed by atoms with Gasteiger partial charge in [-0.25, -0.2) is 0 Å². The van der Waals surface area contributed by atoms with E-state index in [0.717, 1.165) is 25.7 Å². The third-order valence-corrected chi connectivity index (χ3v) is 8.04. The number of hydrogen-bond acceptors (Lipinski definition) is 2. The van der Waals surface area contributed by atoms with E-state index in [1.807, 2.05) is 0 Å². The monoisotopic (exact) mass is 562 g/mol. The average Bonchev–Trinajstić information content (AvgIpc) is 2.92. The van der Waals surface area contributed by atoms with Crippen LogP contribution in [0.25, 0.3) is 0 Å². The highest BCUT2D eigenvalue weighted by molar-refractivity contribution is 5.66.